The Labute approximate surface area is 163 Å². The molecule has 2 N–H and O–H groups in total. The molecule has 0 spiro atoms. The van der Waals surface area contributed by atoms with Gasteiger partial charge < -0.3 is 14.8 Å². The minimum Gasteiger partial charge on any atom is -0.364 e. The van der Waals surface area contributed by atoms with E-state index in [1.165, 1.54) is 6.07 Å². The molecule has 2 heterocycles. The Bertz CT molecular complexity index is 981. The number of carbonyl (C=O) groups excluding carboxylic acids is 1. The van der Waals surface area contributed by atoms with E-state index in [-0.39, 0.29) is 17.5 Å². The van der Waals surface area contributed by atoms with Crippen LogP contribution in [0.2, 0.25) is 0 Å². The monoisotopic (exact) mass is 380 g/mol. The van der Waals surface area contributed by atoms with Crippen LogP contribution in [0.1, 0.15) is 45.8 Å². The summed E-state index contributed by atoms with van der Waals surface area (Å²) in [6.45, 7) is 6.34. The van der Waals surface area contributed by atoms with Gasteiger partial charge in [-0.15, -0.1) is 0 Å². The van der Waals surface area contributed by atoms with Crippen molar-refractivity contribution in [1.82, 2.24) is 15.0 Å². The molecular weight excluding hydrogens is 356 g/mol. The van der Waals surface area contributed by atoms with Crippen LogP contribution in [0.3, 0.4) is 0 Å². The summed E-state index contributed by atoms with van der Waals surface area (Å²) in [6, 6.07) is 10.9. The third-order valence-corrected chi connectivity index (χ3v) is 4.86. The Morgan fingerprint density at radius 2 is 1.96 bits per heavy atom. The van der Waals surface area contributed by atoms with E-state index < -0.39 is 0 Å². The van der Waals surface area contributed by atoms with Crippen molar-refractivity contribution < 1.29 is 9.32 Å². The highest BCUT2D eigenvalue weighted by Gasteiger charge is 2.15. The molecule has 0 radical (unpaired) electrons. The largest absolute Gasteiger partial charge is 0.364 e. The van der Waals surface area contributed by atoms with Gasteiger partial charge in [0.1, 0.15) is 12.0 Å². The van der Waals surface area contributed by atoms with Crippen LogP contribution in [0.4, 0.5) is 5.69 Å². The SMILES string of the molecule is Cc1cc(=O)[nH]c(C)c1NC(=O)c1ccc(CN(C)C(C)c2ccon2)cc1. The van der Waals surface area contributed by atoms with Crippen LogP contribution in [0, 0.1) is 13.8 Å². The lowest BCUT2D eigenvalue weighted by molar-refractivity contribution is 0.102. The first kappa shape index (κ1) is 19.6. The van der Waals surface area contributed by atoms with Gasteiger partial charge in [-0.25, -0.2) is 0 Å². The maximum atomic E-state index is 12.6. The van der Waals surface area contributed by atoms with Gasteiger partial charge in [0, 0.05) is 29.9 Å². The fraction of sp³-hybridized carbons (Fsp3) is 0.286. The number of hydrogen-bond donors (Lipinski definition) is 2. The predicted octanol–water partition coefficient (Wildman–Crippen LogP) is 3.43. The molecule has 1 aromatic carbocycles. The van der Waals surface area contributed by atoms with Crippen LogP contribution in [0.25, 0.3) is 0 Å². The van der Waals surface area contributed by atoms with Crippen molar-refractivity contribution in [1.29, 1.82) is 0 Å². The molecule has 0 saturated heterocycles. The van der Waals surface area contributed by atoms with Crippen molar-refractivity contribution >= 4 is 11.6 Å². The summed E-state index contributed by atoms with van der Waals surface area (Å²) < 4.78 is 4.91. The van der Waals surface area contributed by atoms with Crippen LogP contribution in [-0.2, 0) is 6.54 Å². The number of carbonyl (C=O) groups is 1. The lowest BCUT2D eigenvalue weighted by Crippen LogP contribution is -2.22. The van der Waals surface area contributed by atoms with Gasteiger partial charge >= 0.3 is 0 Å². The molecule has 1 unspecified atom stereocenters. The van der Waals surface area contributed by atoms with Crippen LogP contribution in [0.15, 0.2) is 52.0 Å². The summed E-state index contributed by atoms with van der Waals surface area (Å²) in [5.41, 5.74) is 4.35. The van der Waals surface area contributed by atoms with Crippen molar-refractivity contribution in [2.24, 2.45) is 0 Å². The van der Waals surface area contributed by atoms with Crippen molar-refractivity contribution in [3.8, 4) is 0 Å². The van der Waals surface area contributed by atoms with Gasteiger partial charge in [0.2, 0.25) is 5.56 Å². The summed E-state index contributed by atoms with van der Waals surface area (Å²) in [5, 5.41) is 6.86. The number of nitrogens with zero attached hydrogens (tertiary/aromatic N) is 2. The van der Waals surface area contributed by atoms with Gasteiger partial charge in [-0.1, -0.05) is 17.3 Å². The molecule has 28 heavy (non-hydrogen) atoms. The van der Waals surface area contributed by atoms with E-state index in [1.807, 2.05) is 25.2 Å². The van der Waals surface area contributed by atoms with E-state index in [0.29, 0.717) is 23.5 Å². The molecule has 0 aliphatic rings. The number of amides is 1. The minimum absolute atomic E-state index is 0.118. The number of benzene rings is 1. The van der Waals surface area contributed by atoms with E-state index in [0.717, 1.165) is 16.8 Å². The third kappa shape index (κ3) is 4.37. The van der Waals surface area contributed by atoms with E-state index in [9.17, 15) is 9.59 Å². The zero-order valence-electron chi connectivity index (χ0n) is 16.4. The number of aromatic amines is 1. The quantitative estimate of drug-likeness (QED) is 0.684. The fourth-order valence-corrected chi connectivity index (χ4v) is 3.08. The molecule has 146 valence electrons. The number of hydrogen-bond acceptors (Lipinski definition) is 5. The van der Waals surface area contributed by atoms with Gasteiger partial charge in [0.05, 0.1) is 11.7 Å². The predicted molar refractivity (Wildman–Crippen MR) is 107 cm³/mol. The zero-order valence-corrected chi connectivity index (χ0v) is 16.4. The normalized spacial score (nSPS) is 12.2. The number of anilines is 1. The minimum atomic E-state index is -0.214. The molecule has 3 aromatic rings. The molecule has 2 aromatic heterocycles. The Kier molecular flexibility index (Phi) is 5.75. The van der Waals surface area contributed by atoms with Crippen molar-refractivity contribution in [2.45, 2.75) is 33.4 Å². The summed E-state index contributed by atoms with van der Waals surface area (Å²) in [7, 11) is 2.02. The lowest BCUT2D eigenvalue weighted by Gasteiger charge is -2.22. The zero-order chi connectivity index (χ0) is 20.3. The summed E-state index contributed by atoms with van der Waals surface area (Å²) in [6.07, 6.45) is 1.57. The Morgan fingerprint density at radius 1 is 1.25 bits per heavy atom. The maximum absolute atomic E-state index is 12.6. The van der Waals surface area contributed by atoms with Crippen molar-refractivity contribution in [3.63, 3.8) is 0 Å². The van der Waals surface area contributed by atoms with E-state index >= 15 is 0 Å². The first-order chi connectivity index (χ1) is 13.3. The first-order valence-corrected chi connectivity index (χ1v) is 9.06. The van der Waals surface area contributed by atoms with Gasteiger partial charge in [-0.2, -0.15) is 0 Å². The lowest BCUT2D eigenvalue weighted by atomic mass is 10.1. The molecule has 0 fully saturated rings. The molecule has 3 rings (SSSR count). The highest BCUT2D eigenvalue weighted by Crippen LogP contribution is 2.20. The molecule has 7 heteroatoms. The number of H-pyrrole nitrogens is 1. The molecular formula is C21H24N4O3. The van der Waals surface area contributed by atoms with Crippen molar-refractivity contribution in [2.75, 3.05) is 12.4 Å². The molecule has 1 atom stereocenters. The number of nitrogens with one attached hydrogen (secondary N) is 2. The molecule has 0 bridgehead atoms. The smallest absolute Gasteiger partial charge is 0.255 e. The Balaban J connectivity index is 1.67. The highest BCUT2D eigenvalue weighted by atomic mass is 16.5. The molecule has 0 saturated carbocycles. The Hall–Kier alpha value is -3.19. The number of aromatic nitrogens is 2. The third-order valence-electron chi connectivity index (χ3n) is 4.86. The average molecular weight is 380 g/mol. The second-order valence-corrected chi connectivity index (χ2v) is 6.98. The van der Waals surface area contributed by atoms with Crippen LogP contribution >= 0.6 is 0 Å². The molecule has 0 aliphatic heterocycles. The second-order valence-electron chi connectivity index (χ2n) is 6.98. The summed E-state index contributed by atoms with van der Waals surface area (Å²) in [5.74, 6) is -0.214. The second kappa shape index (κ2) is 8.22. The van der Waals surface area contributed by atoms with E-state index in [4.69, 9.17) is 4.52 Å². The number of pyridine rings is 1. The number of aryl methyl sites for hydroxylation is 2. The Morgan fingerprint density at radius 3 is 2.57 bits per heavy atom. The first-order valence-electron chi connectivity index (χ1n) is 9.06. The summed E-state index contributed by atoms with van der Waals surface area (Å²) in [4.78, 5) is 28.9. The standard InChI is InChI=1S/C21H24N4O3/c1-13-11-19(26)22-14(2)20(13)23-21(27)17-7-5-16(6-8-17)12-25(4)15(3)18-9-10-28-24-18/h5-11,15H,12H2,1-4H3,(H,22,26)(H,23,27). The highest BCUT2D eigenvalue weighted by molar-refractivity contribution is 6.04. The van der Waals surface area contributed by atoms with E-state index in [2.05, 4.69) is 27.3 Å². The summed E-state index contributed by atoms with van der Waals surface area (Å²) >= 11 is 0. The fourth-order valence-electron chi connectivity index (χ4n) is 3.08. The maximum Gasteiger partial charge on any atom is 0.255 e. The van der Waals surface area contributed by atoms with Crippen LogP contribution < -0.4 is 10.9 Å². The molecule has 7 nitrogen and oxygen atoms in total. The van der Waals surface area contributed by atoms with Crippen LogP contribution in [0.5, 0.6) is 0 Å². The van der Waals surface area contributed by atoms with Gasteiger partial charge in [0.15, 0.2) is 0 Å². The van der Waals surface area contributed by atoms with Gasteiger partial charge in [-0.3, -0.25) is 14.5 Å². The topological polar surface area (TPSA) is 91.2 Å². The van der Waals surface area contributed by atoms with Gasteiger partial charge in [-0.05, 0) is 51.1 Å². The molecule has 0 aliphatic carbocycles. The molecule has 1 amide bonds. The van der Waals surface area contributed by atoms with Crippen molar-refractivity contribution in [3.05, 3.63) is 81.1 Å². The van der Waals surface area contributed by atoms with Crippen LogP contribution in [-0.4, -0.2) is 28.0 Å². The van der Waals surface area contributed by atoms with E-state index in [1.54, 1.807) is 32.2 Å². The van der Waals surface area contributed by atoms with Gasteiger partial charge in [0.25, 0.3) is 5.91 Å². The number of rotatable bonds is 6. The average Bonchev–Trinajstić information content (AvgIpc) is 3.19.